The molecule has 0 bridgehead atoms. The molecule has 0 aliphatic carbocycles. The van der Waals surface area contributed by atoms with Gasteiger partial charge in [0.1, 0.15) is 5.58 Å². The van der Waals surface area contributed by atoms with Crippen LogP contribution < -0.4 is 5.10 Å². The summed E-state index contributed by atoms with van der Waals surface area (Å²) < 4.78 is 6.19. The van der Waals surface area contributed by atoms with Crippen LogP contribution in [0.3, 0.4) is 0 Å². The van der Waals surface area contributed by atoms with Crippen molar-refractivity contribution in [1.82, 2.24) is 20.2 Å². The van der Waals surface area contributed by atoms with Crippen LogP contribution in [0.4, 0.5) is 0 Å². The molecular weight excluding hydrogens is 709 g/mol. The van der Waals surface area contributed by atoms with Crippen molar-refractivity contribution in [2.75, 3.05) is 0 Å². The summed E-state index contributed by atoms with van der Waals surface area (Å²) in [5, 5.41) is 14.8. The van der Waals surface area contributed by atoms with E-state index in [1.54, 1.807) is 6.20 Å². The van der Waals surface area contributed by atoms with E-state index in [1.165, 1.54) is 27.1 Å². The average Bonchev–Trinajstić information content (AvgIpc) is 3.68. The Hall–Kier alpha value is -4.64. The normalized spacial score (nSPS) is 11.4. The van der Waals surface area contributed by atoms with Gasteiger partial charge in [0, 0.05) is 44.4 Å². The van der Waals surface area contributed by atoms with Crippen LogP contribution >= 0.6 is 0 Å². The maximum atomic E-state index is 6.19. The summed E-state index contributed by atoms with van der Waals surface area (Å²) in [4.78, 5) is 8.90. The summed E-state index contributed by atoms with van der Waals surface area (Å²) in [6.07, 6.45) is 5.39. The van der Waals surface area contributed by atoms with Gasteiger partial charge in [-0.15, -0.1) is 17.7 Å². The molecule has 1 radical (unpaired) electrons. The second-order valence-corrected chi connectivity index (χ2v) is 11.4. The van der Waals surface area contributed by atoms with Gasteiger partial charge >= 0.3 is 0 Å². The third-order valence-corrected chi connectivity index (χ3v) is 7.53. The number of rotatable bonds is 2. The zero-order valence-corrected chi connectivity index (χ0v) is 26.4. The van der Waals surface area contributed by atoms with Crippen molar-refractivity contribution in [2.24, 2.45) is 0 Å². The molecule has 43 heavy (non-hydrogen) atoms. The summed E-state index contributed by atoms with van der Waals surface area (Å²) in [5.41, 5.74) is 6.72. The number of hydrogen-bond donors (Lipinski definition) is 0. The fraction of sp³-hybridized carbons (Fsp3) is 0.108. The first kappa shape index (κ1) is 28.5. The van der Waals surface area contributed by atoms with Crippen LogP contribution in [0, 0.1) is 6.07 Å². The van der Waals surface area contributed by atoms with Crippen LogP contribution in [0.1, 0.15) is 26.3 Å². The molecule has 213 valence electrons. The maximum absolute atomic E-state index is 6.19. The Morgan fingerprint density at radius 2 is 1.47 bits per heavy atom. The molecule has 0 N–H and O–H groups in total. The number of hydrogen-bond acceptors (Lipinski definition) is 4. The first-order valence-corrected chi connectivity index (χ1v) is 14.0. The molecule has 5 nitrogen and oxygen atoms in total. The van der Waals surface area contributed by atoms with Gasteiger partial charge in [-0.05, 0) is 73.9 Å². The first-order chi connectivity index (χ1) is 20.4. The monoisotopic (exact) mass is 737 g/mol. The molecule has 6 heteroatoms. The third kappa shape index (κ3) is 5.60. The molecule has 0 unspecified atom stereocenters. The van der Waals surface area contributed by atoms with Crippen molar-refractivity contribution in [3.63, 3.8) is 0 Å². The molecule has 0 saturated heterocycles. The number of benzene rings is 4. The van der Waals surface area contributed by atoms with Crippen molar-refractivity contribution in [3.8, 4) is 22.6 Å². The largest absolute Gasteiger partial charge is 0.574 e. The molecule has 0 saturated carbocycles. The second-order valence-electron chi connectivity index (χ2n) is 11.4. The number of fused-ring (bicyclic) bond motifs is 5. The summed E-state index contributed by atoms with van der Waals surface area (Å²) in [5.74, 6) is 0. The van der Waals surface area contributed by atoms with Crippen LogP contribution in [-0.2, 0) is 25.5 Å². The number of furan rings is 1. The summed E-state index contributed by atoms with van der Waals surface area (Å²) in [7, 11) is 0. The van der Waals surface area contributed by atoms with E-state index in [0.717, 1.165) is 44.6 Å². The molecule has 0 aliphatic heterocycles. The molecule has 0 amide bonds. The number of pyridine rings is 2. The molecule has 0 atom stereocenters. The van der Waals surface area contributed by atoms with E-state index in [4.69, 9.17) is 4.42 Å². The quantitative estimate of drug-likeness (QED) is 0.131. The van der Waals surface area contributed by atoms with E-state index in [1.807, 2.05) is 54.9 Å². The molecule has 0 spiro atoms. The fourth-order valence-electron chi connectivity index (χ4n) is 5.27. The average molecular weight is 737 g/mol. The number of aromatic nitrogens is 4. The van der Waals surface area contributed by atoms with Gasteiger partial charge < -0.3 is 19.6 Å². The molecular formula is C37H28IrN4O-2. The van der Waals surface area contributed by atoms with Gasteiger partial charge in [0.25, 0.3) is 0 Å². The Morgan fingerprint density at radius 1 is 0.698 bits per heavy atom. The van der Waals surface area contributed by atoms with E-state index < -0.39 is 0 Å². The molecule has 4 aromatic carbocycles. The smallest absolute Gasteiger partial charge is 0.124 e. The van der Waals surface area contributed by atoms with E-state index in [2.05, 4.69) is 102 Å². The van der Waals surface area contributed by atoms with Crippen molar-refractivity contribution < 1.29 is 24.5 Å². The Kier molecular flexibility index (Phi) is 7.66. The Morgan fingerprint density at radius 3 is 2.12 bits per heavy atom. The predicted octanol–water partition coefficient (Wildman–Crippen LogP) is 9.15. The van der Waals surface area contributed by atoms with Gasteiger partial charge in [0.05, 0.1) is 5.58 Å². The van der Waals surface area contributed by atoms with Gasteiger partial charge in [-0.25, -0.2) is 0 Å². The van der Waals surface area contributed by atoms with Crippen LogP contribution in [-0.4, -0.2) is 15.1 Å². The van der Waals surface area contributed by atoms with Crippen LogP contribution in [0.25, 0.3) is 66.1 Å². The van der Waals surface area contributed by atoms with Gasteiger partial charge in [-0.3, -0.25) is 4.98 Å². The van der Waals surface area contributed by atoms with Gasteiger partial charge in [-0.2, -0.15) is 0 Å². The van der Waals surface area contributed by atoms with Crippen molar-refractivity contribution in [1.29, 1.82) is 0 Å². The standard InChI is InChI=1S/C25H14NO.C12H14N3.Ir/c1-2-7-17-13-19-15-24-21(14-18(19)12-16(17)6-1)25-20(8-5-10-23(25)27-24)22-9-3-4-11-26-22;1-12(2,3)9-4-5-10(13-8-9)11-6-7-14-15-11;/h1-7,9-15H;4-8H,1-3H3;/q2*-1;. The minimum atomic E-state index is 0. The second kappa shape index (κ2) is 11.6. The maximum Gasteiger partial charge on any atom is 0.124 e. The zero-order valence-electron chi connectivity index (χ0n) is 24.0. The van der Waals surface area contributed by atoms with E-state index in [0.29, 0.717) is 0 Å². The minimum Gasteiger partial charge on any atom is -0.574 e. The van der Waals surface area contributed by atoms with Crippen LogP contribution in [0.2, 0.25) is 0 Å². The molecule has 0 aliphatic rings. The van der Waals surface area contributed by atoms with Crippen molar-refractivity contribution in [3.05, 3.63) is 127 Å². The number of nitrogens with zero attached hydrogens (tertiary/aromatic N) is 4. The zero-order chi connectivity index (χ0) is 28.7. The van der Waals surface area contributed by atoms with Crippen molar-refractivity contribution >= 4 is 43.5 Å². The first-order valence-electron chi connectivity index (χ1n) is 14.0. The Bertz CT molecular complexity index is 2160. The SMILES string of the molecule is CC(C)(C)c1ccc(-c2ccn[n-]2)nc1.[Ir].[c-]1ccc2oc3cc4cc5ccccc5cc4cc3c2c1-c1ccccn1. The third-order valence-electron chi connectivity index (χ3n) is 7.53. The minimum absolute atomic E-state index is 0. The van der Waals surface area contributed by atoms with Gasteiger partial charge in [0.2, 0.25) is 0 Å². The Labute approximate surface area is 263 Å². The van der Waals surface area contributed by atoms with Gasteiger partial charge in [0.15, 0.2) is 0 Å². The molecule has 8 aromatic rings. The predicted molar refractivity (Wildman–Crippen MR) is 170 cm³/mol. The van der Waals surface area contributed by atoms with Crippen molar-refractivity contribution in [2.45, 2.75) is 26.2 Å². The van der Waals surface area contributed by atoms with Crippen LogP contribution in [0.5, 0.6) is 0 Å². The fourth-order valence-corrected chi connectivity index (χ4v) is 5.27. The summed E-state index contributed by atoms with van der Waals surface area (Å²) >= 11 is 0. The van der Waals surface area contributed by atoms with E-state index >= 15 is 0 Å². The summed E-state index contributed by atoms with van der Waals surface area (Å²) in [6, 6.07) is 36.4. The molecule has 4 aromatic heterocycles. The van der Waals surface area contributed by atoms with Gasteiger partial charge in [-0.1, -0.05) is 92.5 Å². The van der Waals surface area contributed by atoms with E-state index in [9.17, 15) is 0 Å². The summed E-state index contributed by atoms with van der Waals surface area (Å²) in [6.45, 7) is 6.52. The Balaban J connectivity index is 0.000000176. The molecule has 0 fully saturated rings. The molecule has 4 heterocycles. The van der Waals surface area contributed by atoms with E-state index in [-0.39, 0.29) is 25.5 Å². The molecule has 8 rings (SSSR count). The van der Waals surface area contributed by atoms with Crippen LogP contribution in [0.15, 0.2) is 120 Å². The topological polar surface area (TPSA) is 65.9 Å².